The first-order valence-electron chi connectivity index (χ1n) is 16.1. The fourth-order valence-corrected chi connectivity index (χ4v) is 6.07. The molecule has 244 valence electrons. The molecule has 1 atom stereocenters. The van der Waals surface area contributed by atoms with E-state index < -0.39 is 11.7 Å². The Morgan fingerprint density at radius 3 is 2.63 bits per heavy atom. The second kappa shape index (κ2) is 14.0. The fourth-order valence-electron chi connectivity index (χ4n) is 6.07. The van der Waals surface area contributed by atoms with Crippen molar-refractivity contribution < 1.29 is 18.7 Å². The molecule has 1 aromatic carbocycles. The monoisotopic (exact) mass is 630 g/mol. The average molecular weight is 631 g/mol. The zero-order valence-electron chi connectivity index (χ0n) is 26.9. The SMILES string of the molecule is CC(C)(C)OC(=O)NCCOCCN1CCN(c2cccc(-c3cnc4ccc(N5CCC[C@H]5c5cccc(F)c5)nn34)n2)CC1. The van der Waals surface area contributed by atoms with Crippen LogP contribution >= 0.6 is 0 Å². The molecule has 0 saturated carbocycles. The number of hydrogen-bond donors (Lipinski definition) is 1. The number of imidazole rings is 1. The van der Waals surface area contributed by atoms with Crippen molar-refractivity contribution in [2.75, 3.05) is 68.8 Å². The molecule has 0 bridgehead atoms. The Balaban J connectivity index is 1.04. The van der Waals surface area contributed by atoms with Gasteiger partial charge in [-0.1, -0.05) is 18.2 Å². The predicted octanol–water partition coefficient (Wildman–Crippen LogP) is 4.94. The number of fused-ring (bicyclic) bond motifs is 1. The van der Waals surface area contributed by atoms with Gasteiger partial charge in [0, 0.05) is 45.8 Å². The maximum absolute atomic E-state index is 14.0. The topological polar surface area (TPSA) is 100 Å². The molecule has 12 heteroatoms. The highest BCUT2D eigenvalue weighted by Gasteiger charge is 2.28. The molecule has 6 rings (SSSR count). The molecule has 1 N–H and O–H groups in total. The van der Waals surface area contributed by atoms with E-state index in [4.69, 9.17) is 19.6 Å². The number of hydrogen-bond acceptors (Lipinski definition) is 9. The Hall–Kier alpha value is -4.29. The standard InChI is InChI=1S/C34H43FN8O3/c1-34(2,3)46-33(44)36-14-21-45-22-20-40-16-18-41(19-17-40)31-11-5-9-27(38-31)29-24-37-30-12-13-32(39-43(29)30)42-15-6-10-28(42)25-7-4-8-26(35)23-25/h4-5,7-9,11-13,23-24,28H,6,10,14-22H2,1-3H3,(H,36,44)/t28-/m0/s1. The number of nitrogens with one attached hydrogen (secondary N) is 1. The highest BCUT2D eigenvalue weighted by atomic mass is 19.1. The van der Waals surface area contributed by atoms with Gasteiger partial charge in [-0.2, -0.15) is 0 Å². The molecule has 0 unspecified atom stereocenters. The number of amides is 1. The first kappa shape index (κ1) is 31.7. The molecule has 1 amide bonds. The molecule has 4 aromatic rings. The number of pyridine rings is 1. The van der Waals surface area contributed by atoms with E-state index in [0.717, 1.165) is 86.3 Å². The molecule has 2 aliphatic rings. The van der Waals surface area contributed by atoms with E-state index in [2.05, 4.69) is 31.1 Å². The van der Waals surface area contributed by atoms with Gasteiger partial charge in [0.25, 0.3) is 0 Å². The lowest BCUT2D eigenvalue weighted by molar-refractivity contribution is 0.0490. The van der Waals surface area contributed by atoms with Crippen molar-refractivity contribution >= 4 is 23.4 Å². The van der Waals surface area contributed by atoms with E-state index in [1.807, 2.05) is 61.8 Å². The summed E-state index contributed by atoms with van der Waals surface area (Å²) in [6, 6.07) is 17.0. The Labute approximate surface area is 269 Å². The van der Waals surface area contributed by atoms with E-state index >= 15 is 0 Å². The zero-order valence-corrected chi connectivity index (χ0v) is 26.9. The first-order valence-corrected chi connectivity index (χ1v) is 16.1. The number of halogens is 1. The number of piperazine rings is 1. The van der Waals surface area contributed by atoms with Crippen molar-refractivity contribution in [1.29, 1.82) is 0 Å². The van der Waals surface area contributed by atoms with E-state index in [1.54, 1.807) is 12.1 Å². The van der Waals surface area contributed by atoms with Gasteiger partial charge in [0.15, 0.2) is 5.65 Å². The van der Waals surface area contributed by atoms with E-state index in [-0.39, 0.29) is 11.9 Å². The van der Waals surface area contributed by atoms with Gasteiger partial charge < -0.3 is 24.6 Å². The average Bonchev–Trinajstić information content (AvgIpc) is 3.70. The van der Waals surface area contributed by atoms with Crippen molar-refractivity contribution in [3.05, 3.63) is 72.2 Å². The largest absolute Gasteiger partial charge is 0.444 e. The van der Waals surface area contributed by atoms with Gasteiger partial charge in [-0.15, -0.1) is 5.10 Å². The minimum atomic E-state index is -0.510. The van der Waals surface area contributed by atoms with Gasteiger partial charge in [-0.3, -0.25) is 4.90 Å². The molecule has 3 aromatic heterocycles. The third-order valence-corrected chi connectivity index (χ3v) is 8.29. The van der Waals surface area contributed by atoms with Gasteiger partial charge in [0.2, 0.25) is 0 Å². The lowest BCUT2D eigenvalue weighted by Gasteiger charge is -2.35. The van der Waals surface area contributed by atoms with Crippen LogP contribution < -0.4 is 15.1 Å². The summed E-state index contributed by atoms with van der Waals surface area (Å²) in [5.74, 6) is 1.56. The molecule has 2 saturated heterocycles. The lowest BCUT2D eigenvalue weighted by atomic mass is 10.0. The van der Waals surface area contributed by atoms with Crippen LogP contribution in [0.15, 0.2) is 60.8 Å². The quantitative estimate of drug-likeness (QED) is 0.245. The predicted molar refractivity (Wildman–Crippen MR) is 176 cm³/mol. The number of rotatable bonds is 10. The first-order chi connectivity index (χ1) is 22.2. The van der Waals surface area contributed by atoms with Crippen LogP contribution in [0.3, 0.4) is 0 Å². The Morgan fingerprint density at radius 2 is 1.83 bits per heavy atom. The summed E-state index contributed by atoms with van der Waals surface area (Å²) in [4.78, 5) is 28.3. The summed E-state index contributed by atoms with van der Waals surface area (Å²) in [6.07, 6.45) is 3.38. The van der Waals surface area contributed by atoms with Crippen LogP contribution in [-0.4, -0.2) is 95.2 Å². The minimum absolute atomic E-state index is 0.0838. The fraction of sp³-hybridized carbons (Fsp3) is 0.471. The third kappa shape index (κ3) is 7.73. The van der Waals surface area contributed by atoms with Crippen molar-refractivity contribution in [1.82, 2.24) is 29.8 Å². The number of anilines is 2. The summed E-state index contributed by atoms with van der Waals surface area (Å²) in [5.41, 5.74) is 2.86. The molecule has 2 aliphatic heterocycles. The second-order valence-corrected chi connectivity index (χ2v) is 12.8. The highest BCUT2D eigenvalue weighted by molar-refractivity contribution is 5.67. The summed E-state index contributed by atoms with van der Waals surface area (Å²) in [6.45, 7) is 12.2. The number of aromatic nitrogens is 4. The zero-order chi connectivity index (χ0) is 32.1. The van der Waals surface area contributed by atoms with E-state index in [0.29, 0.717) is 19.8 Å². The molecule has 46 heavy (non-hydrogen) atoms. The number of nitrogens with zero attached hydrogens (tertiary/aromatic N) is 7. The van der Waals surface area contributed by atoms with Gasteiger partial charge in [-0.25, -0.2) is 23.7 Å². The normalized spacial score (nSPS) is 17.5. The van der Waals surface area contributed by atoms with Gasteiger partial charge in [0.05, 0.1) is 31.1 Å². The van der Waals surface area contributed by atoms with Crippen LogP contribution in [0.2, 0.25) is 0 Å². The molecule has 5 heterocycles. The molecule has 0 radical (unpaired) electrons. The van der Waals surface area contributed by atoms with Crippen molar-refractivity contribution in [3.63, 3.8) is 0 Å². The highest BCUT2D eigenvalue weighted by Crippen LogP contribution is 2.35. The molecular weight excluding hydrogens is 587 g/mol. The van der Waals surface area contributed by atoms with Gasteiger partial charge in [-0.05, 0) is 75.6 Å². The van der Waals surface area contributed by atoms with Crippen LogP contribution in [-0.2, 0) is 9.47 Å². The smallest absolute Gasteiger partial charge is 0.407 e. The molecule has 0 aliphatic carbocycles. The number of alkyl carbamates (subject to hydrolysis) is 1. The summed E-state index contributed by atoms with van der Waals surface area (Å²) < 4.78 is 26.8. The summed E-state index contributed by atoms with van der Waals surface area (Å²) in [5, 5.41) is 7.72. The maximum Gasteiger partial charge on any atom is 0.407 e. The molecule has 2 fully saturated rings. The molecule has 0 spiro atoms. The van der Waals surface area contributed by atoms with Crippen molar-refractivity contribution in [2.45, 2.75) is 45.3 Å². The number of ether oxygens (including phenoxy) is 2. The molecular formula is C34H43FN8O3. The van der Waals surface area contributed by atoms with Crippen molar-refractivity contribution in [3.8, 4) is 11.4 Å². The van der Waals surface area contributed by atoms with E-state index in [1.165, 1.54) is 6.07 Å². The van der Waals surface area contributed by atoms with Gasteiger partial charge in [0.1, 0.15) is 28.7 Å². The summed E-state index contributed by atoms with van der Waals surface area (Å²) in [7, 11) is 0. The lowest BCUT2D eigenvalue weighted by Crippen LogP contribution is -2.47. The number of carbonyl (C=O) groups is 1. The Kier molecular flexibility index (Phi) is 9.64. The Morgan fingerprint density at radius 1 is 1.00 bits per heavy atom. The third-order valence-electron chi connectivity index (χ3n) is 8.29. The van der Waals surface area contributed by atoms with Gasteiger partial charge >= 0.3 is 6.09 Å². The van der Waals surface area contributed by atoms with Crippen LogP contribution in [0.5, 0.6) is 0 Å². The van der Waals surface area contributed by atoms with E-state index in [9.17, 15) is 9.18 Å². The Bertz CT molecular complexity index is 1630. The van der Waals surface area contributed by atoms with Crippen LogP contribution in [0, 0.1) is 5.82 Å². The van der Waals surface area contributed by atoms with Crippen LogP contribution in [0.4, 0.5) is 20.8 Å². The van der Waals surface area contributed by atoms with Crippen molar-refractivity contribution in [2.24, 2.45) is 0 Å². The van der Waals surface area contributed by atoms with Crippen LogP contribution in [0.1, 0.15) is 45.2 Å². The maximum atomic E-state index is 14.0. The molecule has 11 nitrogen and oxygen atoms in total. The minimum Gasteiger partial charge on any atom is -0.444 e. The summed E-state index contributed by atoms with van der Waals surface area (Å²) >= 11 is 0. The second-order valence-electron chi connectivity index (χ2n) is 12.8. The number of benzene rings is 1. The van der Waals surface area contributed by atoms with Crippen LogP contribution in [0.25, 0.3) is 17.0 Å². The number of carbonyl (C=O) groups excluding carboxylic acids is 1.